The minimum Gasteiger partial charge on any atom is -0.351 e. The molecule has 2 heterocycles. The van der Waals surface area contributed by atoms with Gasteiger partial charge in [0.2, 0.25) is 0 Å². The van der Waals surface area contributed by atoms with Gasteiger partial charge in [-0.15, -0.1) is 5.06 Å². The molecule has 164 valence electrons. The fourth-order valence-electron chi connectivity index (χ4n) is 3.49. The molecule has 0 aliphatic carbocycles. The zero-order chi connectivity index (χ0) is 22.1. The first-order chi connectivity index (χ1) is 14.7. The second-order valence-electron chi connectivity index (χ2n) is 7.35. The largest absolute Gasteiger partial charge is 0.430 e. The second kappa shape index (κ2) is 8.41. The fourth-order valence-corrected chi connectivity index (χ4v) is 3.68. The summed E-state index contributed by atoms with van der Waals surface area (Å²) in [7, 11) is 0. The van der Waals surface area contributed by atoms with E-state index in [0.29, 0.717) is 47.9 Å². The zero-order valence-electron chi connectivity index (χ0n) is 16.2. The van der Waals surface area contributed by atoms with Gasteiger partial charge in [-0.2, -0.15) is 13.2 Å². The lowest BCUT2D eigenvalue weighted by molar-refractivity contribution is -0.153. The molecule has 2 aliphatic heterocycles. The molecule has 0 atom stereocenters. The minimum absolute atomic E-state index is 0.432. The molecule has 1 fully saturated rings. The van der Waals surface area contributed by atoms with E-state index in [1.165, 1.54) is 12.1 Å². The molecular formula is C21H19ClF3N3O3. The van der Waals surface area contributed by atoms with E-state index < -0.39 is 23.4 Å². The normalized spacial score (nSPS) is 18.4. The summed E-state index contributed by atoms with van der Waals surface area (Å²) in [6.45, 7) is 0.864. The highest BCUT2D eigenvalue weighted by atomic mass is 35.5. The summed E-state index contributed by atoms with van der Waals surface area (Å²) in [4.78, 5) is 23.2. The lowest BCUT2D eigenvalue weighted by Gasteiger charge is -2.35. The molecule has 4 rings (SSSR count). The summed E-state index contributed by atoms with van der Waals surface area (Å²) in [6, 6.07) is 11.6. The van der Waals surface area contributed by atoms with E-state index in [0.717, 1.165) is 12.1 Å². The second-order valence-corrected chi connectivity index (χ2v) is 7.78. The molecule has 2 aliphatic rings. The lowest BCUT2D eigenvalue weighted by Crippen LogP contribution is -2.45. The predicted molar refractivity (Wildman–Crippen MR) is 109 cm³/mol. The third-order valence-corrected chi connectivity index (χ3v) is 5.38. The van der Waals surface area contributed by atoms with Crippen LogP contribution in [0.5, 0.6) is 0 Å². The Balaban J connectivity index is 1.33. The maximum absolute atomic E-state index is 12.7. The van der Waals surface area contributed by atoms with Gasteiger partial charge in [0.05, 0.1) is 11.3 Å². The Kier molecular flexibility index (Phi) is 5.83. The number of carbonyl (C=O) groups excluding carboxylic acids is 1. The van der Waals surface area contributed by atoms with Crippen LogP contribution in [-0.4, -0.2) is 29.8 Å². The highest BCUT2D eigenvalue weighted by Crippen LogP contribution is 2.36. The maximum Gasteiger partial charge on any atom is 0.430 e. The Morgan fingerprint density at radius 2 is 1.87 bits per heavy atom. The van der Waals surface area contributed by atoms with Crippen molar-refractivity contribution < 1.29 is 27.6 Å². The van der Waals surface area contributed by atoms with Crippen molar-refractivity contribution in [3.05, 3.63) is 70.8 Å². The average Bonchev–Trinajstić information content (AvgIpc) is 3.13. The van der Waals surface area contributed by atoms with Crippen molar-refractivity contribution in [2.24, 2.45) is 0 Å². The standard InChI is InChI=1S/C21H19ClF3N3O3/c22-16-2-1-3-17(12-16)26-19(29)30-28-10-8-20(9-11-28)13-18(27-31-20)14-4-6-15(7-5-14)21(23,24)25/h1-7,12-13,27H,8-11H2,(H,26,29). The lowest BCUT2D eigenvalue weighted by atomic mass is 9.91. The summed E-state index contributed by atoms with van der Waals surface area (Å²) in [5, 5.41) is 4.65. The number of nitrogens with one attached hydrogen (secondary N) is 2. The van der Waals surface area contributed by atoms with Crippen LogP contribution in [0.15, 0.2) is 54.6 Å². The van der Waals surface area contributed by atoms with Crippen molar-refractivity contribution in [3.8, 4) is 0 Å². The minimum atomic E-state index is -4.38. The van der Waals surface area contributed by atoms with Crippen molar-refractivity contribution in [2.45, 2.75) is 24.6 Å². The molecule has 0 unspecified atom stereocenters. The first-order valence-corrected chi connectivity index (χ1v) is 9.94. The van der Waals surface area contributed by atoms with Crippen molar-refractivity contribution in [3.63, 3.8) is 0 Å². The number of piperidine rings is 1. The Morgan fingerprint density at radius 3 is 2.52 bits per heavy atom. The predicted octanol–water partition coefficient (Wildman–Crippen LogP) is 5.23. The van der Waals surface area contributed by atoms with Crippen LogP contribution in [0, 0.1) is 0 Å². The third kappa shape index (κ3) is 5.12. The van der Waals surface area contributed by atoms with Crippen LogP contribution in [0.4, 0.5) is 23.7 Å². The fraction of sp³-hybridized carbons (Fsp3) is 0.286. The van der Waals surface area contributed by atoms with Crippen LogP contribution >= 0.6 is 11.6 Å². The number of anilines is 1. The molecule has 0 bridgehead atoms. The molecule has 0 saturated carbocycles. The van der Waals surface area contributed by atoms with Gasteiger partial charge in [-0.05, 0) is 54.8 Å². The SMILES string of the molecule is O=C(Nc1cccc(Cl)c1)ON1CCC2(C=C(c3ccc(C(F)(F)F)cc3)NO2)CC1. The number of halogens is 4. The van der Waals surface area contributed by atoms with Crippen LogP contribution in [0.3, 0.4) is 0 Å². The maximum atomic E-state index is 12.7. The van der Waals surface area contributed by atoms with Crippen LogP contribution in [0.1, 0.15) is 24.0 Å². The number of alkyl halides is 3. The number of hydroxylamine groups is 3. The molecule has 2 aromatic carbocycles. The number of carbonyl (C=O) groups is 1. The molecule has 2 aromatic rings. The van der Waals surface area contributed by atoms with Gasteiger partial charge in [0, 0.05) is 23.8 Å². The average molecular weight is 454 g/mol. The van der Waals surface area contributed by atoms with Crippen molar-refractivity contribution in [1.82, 2.24) is 10.5 Å². The van der Waals surface area contributed by atoms with Gasteiger partial charge in [-0.3, -0.25) is 15.6 Å². The summed E-state index contributed by atoms with van der Waals surface area (Å²) in [5.74, 6) is 0. The van der Waals surface area contributed by atoms with E-state index in [9.17, 15) is 18.0 Å². The smallest absolute Gasteiger partial charge is 0.351 e. The Morgan fingerprint density at radius 1 is 1.16 bits per heavy atom. The van der Waals surface area contributed by atoms with Crippen molar-refractivity contribution >= 4 is 29.1 Å². The topological polar surface area (TPSA) is 62.8 Å². The van der Waals surface area contributed by atoms with Gasteiger partial charge in [-0.25, -0.2) is 4.79 Å². The summed E-state index contributed by atoms with van der Waals surface area (Å²) < 4.78 is 38.2. The molecule has 1 amide bonds. The summed E-state index contributed by atoms with van der Waals surface area (Å²) >= 11 is 5.90. The monoisotopic (exact) mass is 453 g/mol. The number of hydrogen-bond donors (Lipinski definition) is 2. The van der Waals surface area contributed by atoms with Gasteiger partial charge in [-0.1, -0.05) is 29.8 Å². The summed E-state index contributed by atoms with van der Waals surface area (Å²) in [6.07, 6.45) is -2.05. The number of benzene rings is 2. The first kappa shape index (κ1) is 21.5. The molecule has 10 heteroatoms. The molecule has 1 saturated heterocycles. The van der Waals surface area contributed by atoms with Crippen molar-refractivity contribution in [1.29, 1.82) is 0 Å². The number of nitrogens with zero attached hydrogens (tertiary/aromatic N) is 1. The Hall–Kier alpha value is -2.75. The molecular weight excluding hydrogens is 435 g/mol. The van der Waals surface area contributed by atoms with Crippen LogP contribution in [0.25, 0.3) is 5.70 Å². The third-order valence-electron chi connectivity index (χ3n) is 5.15. The molecule has 0 aromatic heterocycles. The van der Waals surface area contributed by atoms with Crippen LogP contribution in [0.2, 0.25) is 5.02 Å². The van der Waals surface area contributed by atoms with E-state index in [-0.39, 0.29) is 0 Å². The quantitative estimate of drug-likeness (QED) is 0.666. The van der Waals surface area contributed by atoms with Gasteiger partial charge in [0.15, 0.2) is 0 Å². The Bertz CT molecular complexity index is 987. The molecule has 31 heavy (non-hydrogen) atoms. The molecule has 0 radical (unpaired) electrons. The van der Waals surface area contributed by atoms with E-state index in [4.69, 9.17) is 21.3 Å². The molecule has 1 spiro atoms. The van der Waals surface area contributed by atoms with E-state index in [1.807, 2.05) is 6.08 Å². The van der Waals surface area contributed by atoms with Crippen molar-refractivity contribution in [2.75, 3.05) is 18.4 Å². The number of rotatable bonds is 3. The van der Waals surface area contributed by atoms with Gasteiger partial charge in [0.1, 0.15) is 5.60 Å². The highest BCUT2D eigenvalue weighted by molar-refractivity contribution is 6.30. The summed E-state index contributed by atoms with van der Waals surface area (Å²) in [5.41, 5.74) is 3.24. The van der Waals surface area contributed by atoms with Gasteiger partial charge >= 0.3 is 12.3 Å². The number of hydrogen-bond acceptors (Lipinski definition) is 5. The van der Waals surface area contributed by atoms with E-state index in [2.05, 4.69) is 10.8 Å². The molecule has 6 nitrogen and oxygen atoms in total. The van der Waals surface area contributed by atoms with Gasteiger partial charge < -0.3 is 4.84 Å². The molecule has 2 N–H and O–H groups in total. The first-order valence-electron chi connectivity index (χ1n) is 9.56. The number of amides is 1. The van der Waals surface area contributed by atoms with E-state index in [1.54, 1.807) is 29.3 Å². The van der Waals surface area contributed by atoms with E-state index >= 15 is 0 Å². The van der Waals surface area contributed by atoms with Crippen LogP contribution < -0.4 is 10.8 Å². The van der Waals surface area contributed by atoms with Crippen LogP contribution in [-0.2, 0) is 15.9 Å². The van der Waals surface area contributed by atoms with Gasteiger partial charge in [0.25, 0.3) is 0 Å². The highest BCUT2D eigenvalue weighted by Gasteiger charge is 2.40. The zero-order valence-corrected chi connectivity index (χ0v) is 17.0. The Labute approximate surface area is 181 Å².